The van der Waals surface area contributed by atoms with Crippen LogP contribution in [0, 0.1) is 11.3 Å². The smallest absolute Gasteiger partial charge is 0.341 e. The van der Waals surface area contributed by atoms with Crippen LogP contribution >= 0.6 is 0 Å². The van der Waals surface area contributed by atoms with Gasteiger partial charge < -0.3 is 10.6 Å². The van der Waals surface area contributed by atoms with Crippen LogP contribution < -0.4 is 5.73 Å². The van der Waals surface area contributed by atoms with E-state index in [2.05, 4.69) is 20.8 Å². The maximum absolute atomic E-state index is 12.7. The highest BCUT2D eigenvalue weighted by Crippen LogP contribution is 2.36. The molecule has 1 fully saturated rings. The molecule has 1 aliphatic heterocycles. The molecule has 0 radical (unpaired) electrons. The molecule has 1 aliphatic rings. The van der Waals surface area contributed by atoms with Gasteiger partial charge in [0.25, 0.3) is 5.91 Å². The van der Waals surface area contributed by atoms with E-state index in [9.17, 15) is 18.0 Å². The number of nitrogens with zero attached hydrogens (tertiary/aromatic N) is 1. The van der Waals surface area contributed by atoms with Gasteiger partial charge in [-0.05, 0) is 31.1 Å². The Bertz CT molecular complexity index is 337. The predicted molar refractivity (Wildman–Crippen MR) is 67.4 cm³/mol. The van der Waals surface area contributed by atoms with Crippen LogP contribution in [0.1, 0.15) is 40.5 Å². The summed E-state index contributed by atoms with van der Waals surface area (Å²) >= 11 is 0. The molecule has 1 rings (SSSR count). The molecule has 0 aromatic carbocycles. The molecule has 19 heavy (non-hydrogen) atoms. The van der Waals surface area contributed by atoms with Crippen molar-refractivity contribution in [3.8, 4) is 0 Å². The first-order chi connectivity index (χ1) is 8.37. The van der Waals surface area contributed by atoms with Gasteiger partial charge in [0, 0.05) is 13.1 Å². The summed E-state index contributed by atoms with van der Waals surface area (Å²) in [5, 5.41) is 0. The molecule has 0 aromatic rings. The Labute approximate surface area is 112 Å². The van der Waals surface area contributed by atoms with Gasteiger partial charge in [-0.1, -0.05) is 20.8 Å². The van der Waals surface area contributed by atoms with E-state index in [4.69, 9.17) is 5.73 Å². The molecule has 2 N–H and O–H groups in total. The molecule has 112 valence electrons. The lowest BCUT2D eigenvalue weighted by atomic mass is 9.75. The summed E-state index contributed by atoms with van der Waals surface area (Å²) in [5.74, 6) is -0.598. The fourth-order valence-electron chi connectivity index (χ4n) is 2.40. The van der Waals surface area contributed by atoms with E-state index in [1.807, 2.05) is 0 Å². The first-order valence-electron chi connectivity index (χ1n) is 6.52. The molecule has 1 atom stereocenters. The van der Waals surface area contributed by atoms with Crippen LogP contribution in [-0.4, -0.2) is 35.6 Å². The molecular formula is C13H23F3N2O. The third-order valence-corrected chi connectivity index (χ3v) is 4.04. The molecule has 1 amide bonds. The van der Waals surface area contributed by atoms with Gasteiger partial charge in [-0.2, -0.15) is 13.2 Å². The average Bonchev–Trinajstić information content (AvgIpc) is 2.25. The third-order valence-electron chi connectivity index (χ3n) is 4.04. The molecule has 1 heterocycles. The molecular weight excluding hydrogens is 257 g/mol. The van der Waals surface area contributed by atoms with Crippen molar-refractivity contribution in [2.45, 2.75) is 52.3 Å². The minimum Gasteiger partial charge on any atom is -0.341 e. The minimum absolute atomic E-state index is 0.116. The van der Waals surface area contributed by atoms with Gasteiger partial charge >= 0.3 is 6.18 Å². The van der Waals surface area contributed by atoms with E-state index in [0.717, 1.165) is 19.8 Å². The van der Waals surface area contributed by atoms with Gasteiger partial charge in [-0.3, -0.25) is 4.79 Å². The maximum Gasteiger partial charge on any atom is 0.415 e. The summed E-state index contributed by atoms with van der Waals surface area (Å²) in [6.07, 6.45) is -3.27. The SMILES string of the molecule is CC(C)(C)C1CCN(C(=O)C(C)(N)C(F)(F)F)CC1. The van der Waals surface area contributed by atoms with Crippen LogP contribution in [0.5, 0.6) is 0 Å². The van der Waals surface area contributed by atoms with Crippen molar-refractivity contribution in [1.82, 2.24) is 4.90 Å². The lowest BCUT2D eigenvalue weighted by Gasteiger charge is -2.41. The highest BCUT2D eigenvalue weighted by atomic mass is 19.4. The Morgan fingerprint density at radius 1 is 1.11 bits per heavy atom. The van der Waals surface area contributed by atoms with E-state index in [1.54, 1.807) is 0 Å². The van der Waals surface area contributed by atoms with Gasteiger partial charge in [0.05, 0.1) is 0 Å². The van der Waals surface area contributed by atoms with Crippen LogP contribution in [0.2, 0.25) is 0 Å². The molecule has 0 spiro atoms. The number of carbonyl (C=O) groups is 1. The van der Waals surface area contributed by atoms with Crippen LogP contribution in [0.4, 0.5) is 13.2 Å². The zero-order chi connectivity index (χ0) is 15.1. The van der Waals surface area contributed by atoms with E-state index in [-0.39, 0.29) is 5.41 Å². The molecule has 3 nitrogen and oxygen atoms in total. The number of carbonyl (C=O) groups excluding carboxylic acids is 1. The molecule has 6 heteroatoms. The predicted octanol–water partition coefficient (Wildman–Crippen LogP) is 2.55. The lowest BCUT2D eigenvalue weighted by Crippen LogP contribution is -2.63. The third kappa shape index (κ3) is 3.41. The van der Waals surface area contributed by atoms with Crippen molar-refractivity contribution in [3.05, 3.63) is 0 Å². The van der Waals surface area contributed by atoms with Gasteiger partial charge in [-0.25, -0.2) is 0 Å². The first kappa shape index (κ1) is 16.3. The molecule has 0 aromatic heterocycles. The van der Waals surface area contributed by atoms with Gasteiger partial charge in [0.15, 0.2) is 5.54 Å². The monoisotopic (exact) mass is 280 g/mol. The standard InChI is InChI=1S/C13H23F3N2O/c1-11(2,3)9-5-7-18(8-6-9)10(19)12(4,17)13(14,15)16/h9H,5-8,17H2,1-4H3. The number of hydrogen-bond acceptors (Lipinski definition) is 2. The maximum atomic E-state index is 12.7. The fourth-order valence-corrected chi connectivity index (χ4v) is 2.40. The Kier molecular flexibility index (Phi) is 4.25. The Morgan fingerprint density at radius 2 is 1.53 bits per heavy atom. The number of halogens is 3. The Hall–Kier alpha value is -0.780. The normalized spacial score (nSPS) is 22.2. The summed E-state index contributed by atoms with van der Waals surface area (Å²) < 4.78 is 38.2. The fraction of sp³-hybridized carbons (Fsp3) is 0.923. The number of rotatable bonds is 1. The summed E-state index contributed by atoms with van der Waals surface area (Å²) in [6.45, 7) is 7.77. The van der Waals surface area contributed by atoms with Crippen LogP contribution in [0.15, 0.2) is 0 Å². The second kappa shape index (κ2) is 4.96. The van der Waals surface area contributed by atoms with Crippen LogP contribution in [0.3, 0.4) is 0 Å². The number of amides is 1. The number of likely N-dealkylation sites (tertiary alicyclic amines) is 1. The number of hydrogen-bond donors (Lipinski definition) is 1. The second-order valence-electron chi connectivity index (χ2n) is 6.63. The van der Waals surface area contributed by atoms with Gasteiger partial charge in [-0.15, -0.1) is 0 Å². The van der Waals surface area contributed by atoms with Crippen molar-refractivity contribution in [2.24, 2.45) is 17.1 Å². The number of alkyl halides is 3. The van der Waals surface area contributed by atoms with Crippen molar-refractivity contribution in [3.63, 3.8) is 0 Å². The van der Waals surface area contributed by atoms with Gasteiger partial charge in [0.2, 0.25) is 0 Å². The minimum atomic E-state index is -4.72. The Morgan fingerprint density at radius 3 is 1.84 bits per heavy atom. The quantitative estimate of drug-likeness (QED) is 0.802. The van der Waals surface area contributed by atoms with Crippen molar-refractivity contribution >= 4 is 5.91 Å². The van der Waals surface area contributed by atoms with Crippen molar-refractivity contribution in [1.29, 1.82) is 0 Å². The number of piperidine rings is 1. The van der Waals surface area contributed by atoms with Crippen LogP contribution in [0.25, 0.3) is 0 Å². The van der Waals surface area contributed by atoms with E-state index in [1.165, 1.54) is 4.90 Å². The molecule has 0 aliphatic carbocycles. The molecule has 1 unspecified atom stereocenters. The van der Waals surface area contributed by atoms with Gasteiger partial charge in [0.1, 0.15) is 0 Å². The van der Waals surface area contributed by atoms with E-state index >= 15 is 0 Å². The van der Waals surface area contributed by atoms with Crippen molar-refractivity contribution < 1.29 is 18.0 Å². The number of nitrogens with two attached hydrogens (primary N) is 1. The summed E-state index contributed by atoms with van der Waals surface area (Å²) in [5.41, 5.74) is 2.50. The lowest BCUT2D eigenvalue weighted by molar-refractivity contribution is -0.194. The summed E-state index contributed by atoms with van der Waals surface area (Å²) in [6, 6.07) is 0. The molecule has 0 saturated carbocycles. The van der Waals surface area contributed by atoms with Crippen LogP contribution in [-0.2, 0) is 4.79 Å². The highest BCUT2D eigenvalue weighted by molar-refractivity contribution is 5.86. The average molecular weight is 280 g/mol. The summed E-state index contributed by atoms with van der Waals surface area (Å²) in [7, 11) is 0. The Balaban J connectivity index is 2.69. The zero-order valence-corrected chi connectivity index (χ0v) is 12.0. The summed E-state index contributed by atoms with van der Waals surface area (Å²) in [4.78, 5) is 13.1. The van der Waals surface area contributed by atoms with E-state index < -0.39 is 17.6 Å². The second-order valence-corrected chi connectivity index (χ2v) is 6.63. The molecule has 0 bridgehead atoms. The topological polar surface area (TPSA) is 46.3 Å². The zero-order valence-electron chi connectivity index (χ0n) is 12.0. The molecule has 1 saturated heterocycles. The first-order valence-corrected chi connectivity index (χ1v) is 6.52. The highest BCUT2D eigenvalue weighted by Gasteiger charge is 2.55. The largest absolute Gasteiger partial charge is 0.415 e. The van der Waals surface area contributed by atoms with E-state index in [0.29, 0.717) is 19.0 Å². The van der Waals surface area contributed by atoms with Crippen molar-refractivity contribution in [2.75, 3.05) is 13.1 Å².